The molecule has 0 saturated carbocycles. The standard InChI is InChI=1S/C14H20N2O4/c1-9(7-17)10(2)16-13(18)8-20-12-6-4-3-5-11(12)14(15)19/h3-6,9-10,17H,7-8H2,1-2H3,(H2,15,19)(H,16,18). The number of hydrogen-bond donors (Lipinski definition) is 3. The predicted molar refractivity (Wildman–Crippen MR) is 74.3 cm³/mol. The molecule has 0 bridgehead atoms. The maximum Gasteiger partial charge on any atom is 0.258 e. The highest BCUT2D eigenvalue weighted by Crippen LogP contribution is 2.16. The predicted octanol–water partition coefficient (Wildman–Crippen LogP) is 0.297. The average molecular weight is 280 g/mol. The number of carbonyl (C=O) groups excluding carboxylic acids is 2. The molecular formula is C14H20N2O4. The Hall–Kier alpha value is -2.08. The molecule has 0 fully saturated rings. The number of rotatable bonds is 7. The van der Waals surface area contributed by atoms with Crippen LogP contribution in [-0.2, 0) is 4.79 Å². The summed E-state index contributed by atoms with van der Waals surface area (Å²) in [5, 5.41) is 11.7. The highest BCUT2D eigenvalue weighted by Gasteiger charge is 2.15. The number of primary amides is 1. The number of carbonyl (C=O) groups is 2. The fourth-order valence-electron chi connectivity index (χ4n) is 1.54. The van der Waals surface area contributed by atoms with Gasteiger partial charge in [-0.3, -0.25) is 9.59 Å². The van der Waals surface area contributed by atoms with Gasteiger partial charge in [0.25, 0.3) is 11.8 Å². The Labute approximate surface area is 117 Å². The van der Waals surface area contributed by atoms with E-state index in [0.29, 0.717) is 0 Å². The number of aliphatic hydroxyl groups is 1. The number of benzene rings is 1. The van der Waals surface area contributed by atoms with Crippen LogP contribution in [-0.4, -0.2) is 36.2 Å². The van der Waals surface area contributed by atoms with Crippen LogP contribution in [0.25, 0.3) is 0 Å². The molecule has 1 aromatic rings. The van der Waals surface area contributed by atoms with Crippen molar-refractivity contribution in [3.05, 3.63) is 29.8 Å². The topological polar surface area (TPSA) is 102 Å². The maximum atomic E-state index is 11.7. The van der Waals surface area contributed by atoms with Crippen molar-refractivity contribution < 1.29 is 19.4 Å². The molecule has 4 N–H and O–H groups in total. The van der Waals surface area contributed by atoms with Gasteiger partial charge in [0.2, 0.25) is 0 Å². The van der Waals surface area contributed by atoms with Gasteiger partial charge in [-0.05, 0) is 25.0 Å². The van der Waals surface area contributed by atoms with Gasteiger partial charge in [-0.2, -0.15) is 0 Å². The lowest BCUT2D eigenvalue weighted by molar-refractivity contribution is -0.124. The number of nitrogens with one attached hydrogen (secondary N) is 1. The Morgan fingerprint density at radius 3 is 2.60 bits per heavy atom. The lowest BCUT2D eigenvalue weighted by atomic mass is 10.1. The molecule has 0 saturated heterocycles. The van der Waals surface area contributed by atoms with Crippen molar-refractivity contribution in [1.29, 1.82) is 0 Å². The first kappa shape index (κ1) is 16.0. The summed E-state index contributed by atoms with van der Waals surface area (Å²) in [5.74, 6) is -0.699. The normalized spacial score (nSPS) is 13.3. The van der Waals surface area contributed by atoms with E-state index < -0.39 is 5.91 Å². The van der Waals surface area contributed by atoms with E-state index in [1.165, 1.54) is 6.07 Å². The molecule has 20 heavy (non-hydrogen) atoms. The Morgan fingerprint density at radius 1 is 1.35 bits per heavy atom. The Morgan fingerprint density at radius 2 is 2.00 bits per heavy atom. The number of hydrogen-bond acceptors (Lipinski definition) is 4. The SMILES string of the molecule is CC(CO)C(C)NC(=O)COc1ccccc1C(N)=O. The zero-order valence-corrected chi connectivity index (χ0v) is 11.6. The Bertz CT molecular complexity index is 476. The lowest BCUT2D eigenvalue weighted by Gasteiger charge is -2.19. The first-order valence-corrected chi connectivity index (χ1v) is 6.37. The summed E-state index contributed by atoms with van der Waals surface area (Å²) in [6.07, 6.45) is 0. The second-order valence-electron chi connectivity index (χ2n) is 4.67. The van der Waals surface area contributed by atoms with Crippen LogP contribution in [0.2, 0.25) is 0 Å². The number of para-hydroxylation sites is 1. The Balaban J connectivity index is 2.55. The zero-order chi connectivity index (χ0) is 15.1. The molecule has 0 radical (unpaired) electrons. The second-order valence-corrected chi connectivity index (χ2v) is 4.67. The number of nitrogens with two attached hydrogens (primary N) is 1. The third-order valence-corrected chi connectivity index (χ3v) is 3.04. The average Bonchev–Trinajstić information content (AvgIpc) is 2.44. The van der Waals surface area contributed by atoms with Gasteiger partial charge in [-0.25, -0.2) is 0 Å². The van der Waals surface area contributed by atoms with Crippen molar-refractivity contribution in [2.24, 2.45) is 11.7 Å². The minimum absolute atomic E-state index is 0.00713. The van der Waals surface area contributed by atoms with Crippen LogP contribution < -0.4 is 15.8 Å². The van der Waals surface area contributed by atoms with Crippen molar-refractivity contribution in [3.8, 4) is 5.75 Å². The van der Waals surface area contributed by atoms with E-state index in [1.54, 1.807) is 25.1 Å². The quantitative estimate of drug-likeness (QED) is 0.668. The van der Waals surface area contributed by atoms with Crippen molar-refractivity contribution in [3.63, 3.8) is 0 Å². The number of amides is 2. The third kappa shape index (κ3) is 4.55. The van der Waals surface area contributed by atoms with Crippen LogP contribution in [0.5, 0.6) is 5.75 Å². The van der Waals surface area contributed by atoms with Gasteiger partial charge < -0.3 is 20.9 Å². The molecule has 0 aliphatic carbocycles. The largest absolute Gasteiger partial charge is 0.483 e. The van der Waals surface area contributed by atoms with E-state index in [-0.39, 0.29) is 42.4 Å². The molecular weight excluding hydrogens is 260 g/mol. The van der Waals surface area contributed by atoms with Crippen LogP contribution in [0.4, 0.5) is 0 Å². The van der Waals surface area contributed by atoms with E-state index in [1.807, 2.05) is 6.92 Å². The third-order valence-electron chi connectivity index (χ3n) is 3.04. The number of ether oxygens (including phenoxy) is 1. The van der Waals surface area contributed by atoms with Gasteiger partial charge >= 0.3 is 0 Å². The number of aliphatic hydroxyl groups excluding tert-OH is 1. The monoisotopic (exact) mass is 280 g/mol. The first-order valence-electron chi connectivity index (χ1n) is 6.37. The van der Waals surface area contributed by atoms with E-state index in [0.717, 1.165) is 0 Å². The van der Waals surface area contributed by atoms with Crippen LogP contribution >= 0.6 is 0 Å². The van der Waals surface area contributed by atoms with Crippen LogP contribution in [0.3, 0.4) is 0 Å². The lowest BCUT2D eigenvalue weighted by Crippen LogP contribution is -2.40. The molecule has 0 aliphatic rings. The fraction of sp³-hybridized carbons (Fsp3) is 0.429. The van der Waals surface area contributed by atoms with Crippen molar-refractivity contribution in [2.75, 3.05) is 13.2 Å². The molecule has 2 atom stereocenters. The van der Waals surface area contributed by atoms with Crippen LogP contribution in [0.15, 0.2) is 24.3 Å². The smallest absolute Gasteiger partial charge is 0.258 e. The minimum Gasteiger partial charge on any atom is -0.483 e. The molecule has 110 valence electrons. The summed E-state index contributed by atoms with van der Waals surface area (Å²) in [6, 6.07) is 6.30. The summed E-state index contributed by atoms with van der Waals surface area (Å²) in [4.78, 5) is 22.9. The zero-order valence-electron chi connectivity index (χ0n) is 11.6. The minimum atomic E-state index is -0.608. The van der Waals surface area contributed by atoms with Gasteiger partial charge in [0, 0.05) is 12.6 Å². The molecule has 6 nitrogen and oxygen atoms in total. The summed E-state index contributed by atoms with van der Waals surface area (Å²) in [6.45, 7) is 3.41. The Kier molecular flexibility index (Phi) is 5.99. The van der Waals surface area contributed by atoms with Gasteiger partial charge in [-0.1, -0.05) is 19.1 Å². The van der Waals surface area contributed by atoms with Crippen molar-refractivity contribution in [1.82, 2.24) is 5.32 Å². The van der Waals surface area contributed by atoms with Crippen molar-refractivity contribution in [2.45, 2.75) is 19.9 Å². The van der Waals surface area contributed by atoms with E-state index in [4.69, 9.17) is 15.6 Å². The first-order chi connectivity index (χ1) is 9.45. The summed E-state index contributed by atoms with van der Waals surface area (Å²) in [7, 11) is 0. The molecule has 1 aromatic carbocycles. The van der Waals surface area contributed by atoms with Gasteiger partial charge in [0.05, 0.1) is 5.56 Å². The maximum absolute atomic E-state index is 11.7. The molecule has 0 heterocycles. The van der Waals surface area contributed by atoms with E-state index in [2.05, 4.69) is 5.32 Å². The molecule has 0 aliphatic heterocycles. The molecule has 2 amide bonds. The highest BCUT2D eigenvalue weighted by atomic mass is 16.5. The van der Waals surface area contributed by atoms with E-state index in [9.17, 15) is 9.59 Å². The second kappa shape index (κ2) is 7.49. The van der Waals surface area contributed by atoms with Crippen molar-refractivity contribution >= 4 is 11.8 Å². The summed E-state index contributed by atoms with van der Waals surface area (Å²) < 4.78 is 5.30. The molecule has 2 unspecified atom stereocenters. The molecule has 1 rings (SSSR count). The summed E-state index contributed by atoms with van der Waals surface area (Å²) >= 11 is 0. The molecule has 6 heteroatoms. The van der Waals surface area contributed by atoms with Gasteiger partial charge in [0.15, 0.2) is 6.61 Å². The molecule has 0 spiro atoms. The van der Waals surface area contributed by atoms with Crippen LogP contribution in [0, 0.1) is 5.92 Å². The van der Waals surface area contributed by atoms with Gasteiger partial charge in [0.1, 0.15) is 5.75 Å². The summed E-state index contributed by atoms with van der Waals surface area (Å²) in [5.41, 5.74) is 5.45. The van der Waals surface area contributed by atoms with Crippen LogP contribution in [0.1, 0.15) is 24.2 Å². The highest BCUT2D eigenvalue weighted by molar-refractivity contribution is 5.95. The molecule has 0 aromatic heterocycles. The van der Waals surface area contributed by atoms with E-state index >= 15 is 0 Å². The fourth-order valence-corrected chi connectivity index (χ4v) is 1.54. The van der Waals surface area contributed by atoms with Gasteiger partial charge in [-0.15, -0.1) is 0 Å².